The number of hydrogen-bond acceptors (Lipinski definition) is 2. The van der Waals surface area contributed by atoms with Gasteiger partial charge in [-0.3, -0.25) is 0 Å². The van der Waals surface area contributed by atoms with Crippen molar-refractivity contribution >= 4 is 50.6 Å². The summed E-state index contributed by atoms with van der Waals surface area (Å²) in [6.45, 7) is 26.9. The van der Waals surface area contributed by atoms with Gasteiger partial charge in [0.05, 0.1) is 16.6 Å². The Morgan fingerprint density at radius 1 is 0.543 bits per heavy atom. The maximum atomic E-state index is 9.09. The second-order valence-electron chi connectivity index (χ2n) is 22.4. The van der Waals surface area contributed by atoms with Crippen molar-refractivity contribution in [2.24, 2.45) is 0 Å². The van der Waals surface area contributed by atoms with Gasteiger partial charge in [-0.25, -0.2) is 4.98 Å². The van der Waals surface area contributed by atoms with Gasteiger partial charge in [0.25, 0.3) is 11.4 Å². The number of pyridine rings is 1. The van der Waals surface area contributed by atoms with Gasteiger partial charge in [-0.05, 0) is 95.3 Å². The van der Waals surface area contributed by atoms with E-state index in [1.54, 1.807) is 16.8 Å². The van der Waals surface area contributed by atoms with E-state index >= 15 is 0 Å². The van der Waals surface area contributed by atoms with Gasteiger partial charge in [0.2, 0.25) is 5.69 Å². The molecule has 5 nitrogen and oxygen atoms in total. The van der Waals surface area contributed by atoms with Crippen LogP contribution in [0.25, 0.3) is 49.9 Å². The topological polar surface area (TPSA) is 33.1 Å². The first-order valence-electron chi connectivity index (χ1n) is 25.9. The van der Waals surface area contributed by atoms with Crippen LogP contribution < -0.4 is 13.9 Å². The van der Waals surface area contributed by atoms with Crippen molar-refractivity contribution in [1.29, 1.82) is 0 Å². The molecule has 352 valence electrons. The van der Waals surface area contributed by atoms with E-state index in [4.69, 9.17) is 15.2 Å². The molecule has 0 radical (unpaired) electrons. The van der Waals surface area contributed by atoms with E-state index in [2.05, 4.69) is 191 Å². The van der Waals surface area contributed by atoms with Gasteiger partial charge in [0.15, 0.2) is 0 Å². The molecule has 0 bridgehead atoms. The van der Waals surface area contributed by atoms with Crippen LogP contribution in [0, 0.1) is 12.1 Å². The minimum Gasteiger partial charge on any atom is -0.509 e. The van der Waals surface area contributed by atoms with Crippen LogP contribution in [-0.2, 0) is 42.7 Å². The first-order valence-corrected chi connectivity index (χ1v) is 23.9. The number of nitrogens with zero attached hydrogens (tertiary/aromatic N) is 4. The van der Waals surface area contributed by atoms with Crippen LogP contribution in [0.1, 0.15) is 111 Å². The summed E-state index contributed by atoms with van der Waals surface area (Å²) in [4.78, 5) is 4.75. The van der Waals surface area contributed by atoms with Crippen molar-refractivity contribution in [3.05, 3.63) is 192 Å². The van der Waals surface area contributed by atoms with E-state index in [1.807, 2.05) is 41.0 Å². The SMILES string of the molecule is [2H]c1c([2H])c([2H])c2c(c1[2H])c1ccc(Oc3[c-]c([N+]4=C=[N+](c5c(-c6ccccc6)cc(C(C)(C)C)cc5-c5cc(C(C)(C)C)cc(C(C)(C)C)c5)c5ccccc54)ccc3)[c-]c1n2-c1cc(C(C)(C)C)ccn1.[Pt+2]. The third-order valence-electron chi connectivity index (χ3n) is 13.2. The fourth-order valence-corrected chi connectivity index (χ4v) is 9.08. The molecule has 0 amide bonds. The molecule has 0 unspecified atom stereocenters. The Hall–Kier alpha value is -6.64. The molecular weight excluding hydrogens is 1040 g/mol. The van der Waals surface area contributed by atoms with E-state index in [9.17, 15) is 0 Å². The Morgan fingerprint density at radius 2 is 1.13 bits per heavy atom. The molecule has 9 aromatic rings. The molecule has 1 aliphatic rings. The summed E-state index contributed by atoms with van der Waals surface area (Å²) in [5.74, 6) is 1.34. The molecule has 1 aliphatic heterocycles. The summed E-state index contributed by atoms with van der Waals surface area (Å²) in [5, 5.41) is 1.00. The number of para-hydroxylation sites is 3. The van der Waals surface area contributed by atoms with Crippen molar-refractivity contribution < 1.29 is 31.3 Å². The van der Waals surface area contributed by atoms with Crippen LogP contribution >= 0.6 is 0 Å². The average molecular weight is 1100 g/mol. The number of hydrogen-bond donors (Lipinski definition) is 0. The predicted octanol–water partition coefficient (Wildman–Crippen LogP) is 16.9. The van der Waals surface area contributed by atoms with E-state index in [0.29, 0.717) is 44.8 Å². The number of fused-ring (bicyclic) bond motifs is 4. The molecule has 70 heavy (non-hydrogen) atoms. The molecule has 0 fully saturated rings. The summed E-state index contributed by atoms with van der Waals surface area (Å²) in [7, 11) is 0. The smallest absolute Gasteiger partial charge is 0.509 e. The molecule has 0 saturated heterocycles. The fraction of sp³-hybridized carbons (Fsp3) is 0.250. The van der Waals surface area contributed by atoms with Gasteiger partial charge in [-0.2, -0.15) is 12.1 Å². The number of ether oxygens (including phenoxy) is 1. The molecule has 0 aliphatic carbocycles. The number of rotatable bonds is 7. The van der Waals surface area contributed by atoms with E-state index in [0.717, 1.165) is 44.9 Å². The molecular formula is C64H62N4OPt+2. The Labute approximate surface area is 434 Å². The zero-order chi connectivity index (χ0) is 52.1. The zero-order valence-electron chi connectivity index (χ0n) is 46.2. The quantitative estimate of drug-likeness (QED) is 0.118. The molecule has 10 rings (SSSR count). The second-order valence-corrected chi connectivity index (χ2v) is 22.4. The molecule has 0 N–H and O–H groups in total. The van der Waals surface area contributed by atoms with Crippen LogP contribution in [0.3, 0.4) is 0 Å². The predicted molar refractivity (Wildman–Crippen MR) is 289 cm³/mol. The monoisotopic (exact) mass is 1100 g/mol. The van der Waals surface area contributed by atoms with Crippen LogP contribution in [0.2, 0.25) is 0 Å². The molecule has 7 aromatic carbocycles. The summed E-state index contributed by atoms with van der Waals surface area (Å²) in [6, 6.07) is 54.3. The van der Waals surface area contributed by atoms with E-state index in [-0.39, 0.29) is 66.9 Å². The number of aromatic nitrogens is 2. The van der Waals surface area contributed by atoms with Gasteiger partial charge in [-0.1, -0.05) is 184 Å². The Balaban J connectivity index is 0.00000672. The Morgan fingerprint density at radius 3 is 1.79 bits per heavy atom. The molecule has 0 spiro atoms. The average Bonchev–Trinajstić information content (AvgIpc) is 3.90. The van der Waals surface area contributed by atoms with E-state index < -0.39 is 0 Å². The van der Waals surface area contributed by atoms with Crippen LogP contribution in [0.4, 0.5) is 22.7 Å². The maximum absolute atomic E-state index is 9.09. The molecule has 3 heterocycles. The van der Waals surface area contributed by atoms with Crippen LogP contribution in [0.15, 0.2) is 158 Å². The first-order chi connectivity index (χ1) is 34.4. The third-order valence-corrected chi connectivity index (χ3v) is 13.2. The largest absolute Gasteiger partial charge is 2.00 e. The minimum atomic E-state index is -0.314. The van der Waals surface area contributed by atoms with Crippen molar-refractivity contribution in [2.45, 2.75) is 105 Å². The Bertz CT molecular complexity index is 3750. The summed E-state index contributed by atoms with van der Waals surface area (Å²) < 4.78 is 48.0. The van der Waals surface area contributed by atoms with Gasteiger partial charge in [-0.15, -0.1) is 23.6 Å². The summed E-state index contributed by atoms with van der Waals surface area (Å²) >= 11 is 0. The van der Waals surface area contributed by atoms with Gasteiger partial charge < -0.3 is 9.30 Å². The summed E-state index contributed by atoms with van der Waals surface area (Å²) in [5.41, 5.74) is 13.2. The summed E-state index contributed by atoms with van der Waals surface area (Å²) in [6.07, 6.45) is 1.74. The maximum Gasteiger partial charge on any atom is 2.00 e. The van der Waals surface area contributed by atoms with E-state index in [1.165, 1.54) is 16.7 Å². The standard InChI is InChI=1S/C64H62N4O.Pt/c1-61(2,3)44-31-32-65-59(38-44)68-55-26-17-16-25-51(55)52-30-29-50(40-58(52)68)69-49-24-20-23-48(39-49)66-41-67(57-28-19-18-27-56(57)66)60-53(42-21-14-13-15-22-42)36-47(64(10,11)12)37-54(60)43-33-45(62(4,5)6)35-46(34-43)63(7,8)9;/h13-38H,1-12H3;/q;+2/i16D,17D,25D,26D;. The van der Waals surface area contributed by atoms with Crippen molar-refractivity contribution in [2.75, 3.05) is 0 Å². The van der Waals surface area contributed by atoms with Crippen molar-refractivity contribution in [3.63, 3.8) is 0 Å². The van der Waals surface area contributed by atoms with Gasteiger partial charge in [0, 0.05) is 35.3 Å². The molecule has 0 saturated carbocycles. The fourth-order valence-electron chi connectivity index (χ4n) is 9.08. The zero-order valence-corrected chi connectivity index (χ0v) is 44.5. The minimum absolute atomic E-state index is 0. The van der Waals surface area contributed by atoms with Gasteiger partial charge in [0.1, 0.15) is 11.5 Å². The Kier molecular flexibility index (Phi) is 11.1. The second kappa shape index (κ2) is 18.0. The molecule has 6 heteroatoms. The third kappa shape index (κ3) is 9.14. The first kappa shape index (κ1) is 43.4. The van der Waals surface area contributed by atoms with Crippen LogP contribution in [-0.4, -0.2) is 15.6 Å². The molecule has 0 atom stereocenters. The number of benzene rings is 7. The normalized spacial score (nSPS) is 13.8. The van der Waals surface area contributed by atoms with Crippen molar-refractivity contribution in [1.82, 2.24) is 18.7 Å². The molecule has 2 aromatic heterocycles. The van der Waals surface area contributed by atoms with Crippen molar-refractivity contribution in [3.8, 4) is 39.6 Å². The van der Waals surface area contributed by atoms with Crippen LogP contribution in [0.5, 0.6) is 11.5 Å². The van der Waals surface area contributed by atoms with Gasteiger partial charge >= 0.3 is 27.1 Å².